The molecule has 0 bridgehead atoms. The van der Waals surface area contributed by atoms with E-state index in [0.717, 1.165) is 27.9 Å². The fraction of sp³-hybridized carbons (Fsp3) is 0.467. The summed E-state index contributed by atoms with van der Waals surface area (Å²) in [6, 6.07) is 2.01. The van der Waals surface area contributed by atoms with Crippen LogP contribution >= 0.6 is 0 Å². The van der Waals surface area contributed by atoms with E-state index in [1.54, 1.807) is 13.8 Å². The molecule has 0 saturated carbocycles. The summed E-state index contributed by atoms with van der Waals surface area (Å²) in [5.74, 6) is -0.846. The third-order valence-electron chi connectivity index (χ3n) is 3.87. The second kappa shape index (κ2) is 4.37. The number of carboxylic acids is 1. The Kier molecular flexibility index (Phi) is 3.12. The molecule has 19 heavy (non-hydrogen) atoms. The molecule has 0 radical (unpaired) electrons. The summed E-state index contributed by atoms with van der Waals surface area (Å²) in [5, 5.41) is 12.1. The Morgan fingerprint density at radius 1 is 1.42 bits per heavy atom. The molecule has 1 aliphatic rings. The molecule has 4 heteroatoms. The van der Waals surface area contributed by atoms with Gasteiger partial charge in [-0.25, -0.2) is 0 Å². The molecule has 0 atom stereocenters. The number of carbonyl (C=O) groups is 2. The van der Waals surface area contributed by atoms with Crippen LogP contribution in [0.3, 0.4) is 0 Å². The van der Waals surface area contributed by atoms with Gasteiger partial charge in [0.2, 0.25) is 5.91 Å². The van der Waals surface area contributed by atoms with E-state index in [1.165, 1.54) is 0 Å². The number of aliphatic carboxylic acids is 1. The number of benzene rings is 1. The van der Waals surface area contributed by atoms with Crippen LogP contribution in [-0.4, -0.2) is 17.0 Å². The highest BCUT2D eigenvalue weighted by Gasteiger charge is 2.32. The summed E-state index contributed by atoms with van der Waals surface area (Å²) < 4.78 is 0. The van der Waals surface area contributed by atoms with Crippen LogP contribution in [0, 0.1) is 19.3 Å². The van der Waals surface area contributed by atoms with Crippen molar-refractivity contribution in [3.8, 4) is 0 Å². The van der Waals surface area contributed by atoms with Gasteiger partial charge >= 0.3 is 5.97 Å². The van der Waals surface area contributed by atoms with Gasteiger partial charge in [0, 0.05) is 5.69 Å². The lowest BCUT2D eigenvalue weighted by Crippen LogP contribution is -2.27. The lowest BCUT2D eigenvalue weighted by atomic mass is 9.82. The zero-order valence-electron chi connectivity index (χ0n) is 11.8. The Bertz CT molecular complexity index is 573. The second-order valence-electron chi connectivity index (χ2n) is 5.92. The predicted octanol–water partition coefficient (Wildman–Crippen LogP) is 2.45. The molecule has 0 fully saturated rings. The monoisotopic (exact) mass is 261 g/mol. The normalized spacial score (nSPS) is 14.2. The van der Waals surface area contributed by atoms with Crippen molar-refractivity contribution in [3.63, 3.8) is 0 Å². The number of nitrogens with one attached hydrogen (secondary N) is 1. The predicted molar refractivity (Wildman–Crippen MR) is 73.4 cm³/mol. The number of hydrogen-bond acceptors (Lipinski definition) is 2. The molecule has 1 heterocycles. The van der Waals surface area contributed by atoms with Crippen LogP contribution in [0.4, 0.5) is 5.69 Å². The van der Waals surface area contributed by atoms with Gasteiger partial charge in [-0.1, -0.05) is 6.07 Å². The highest BCUT2D eigenvalue weighted by atomic mass is 16.4. The van der Waals surface area contributed by atoms with E-state index in [1.807, 2.05) is 19.9 Å². The molecule has 1 aromatic rings. The Morgan fingerprint density at radius 2 is 2.05 bits per heavy atom. The van der Waals surface area contributed by atoms with Crippen LogP contribution in [0.1, 0.15) is 36.1 Å². The first-order valence-electron chi connectivity index (χ1n) is 6.37. The van der Waals surface area contributed by atoms with Gasteiger partial charge in [-0.05, 0) is 56.4 Å². The Balaban J connectivity index is 2.52. The van der Waals surface area contributed by atoms with Crippen molar-refractivity contribution in [1.29, 1.82) is 0 Å². The van der Waals surface area contributed by atoms with Gasteiger partial charge in [-0.3, -0.25) is 9.59 Å². The molecule has 2 N–H and O–H groups in total. The molecule has 1 amide bonds. The highest BCUT2D eigenvalue weighted by molar-refractivity contribution is 6.00. The van der Waals surface area contributed by atoms with Crippen LogP contribution in [0.25, 0.3) is 0 Å². The minimum atomic E-state index is -0.848. The van der Waals surface area contributed by atoms with E-state index >= 15 is 0 Å². The number of anilines is 1. The van der Waals surface area contributed by atoms with Crippen molar-refractivity contribution in [1.82, 2.24) is 0 Å². The number of rotatable bonds is 3. The van der Waals surface area contributed by atoms with Gasteiger partial charge in [0.05, 0.1) is 11.8 Å². The van der Waals surface area contributed by atoms with Gasteiger partial charge in [-0.15, -0.1) is 0 Å². The van der Waals surface area contributed by atoms with Crippen LogP contribution in [0.5, 0.6) is 0 Å². The van der Waals surface area contributed by atoms with E-state index in [-0.39, 0.29) is 5.91 Å². The molecule has 0 aliphatic carbocycles. The summed E-state index contributed by atoms with van der Waals surface area (Å²) in [7, 11) is 0. The zero-order valence-corrected chi connectivity index (χ0v) is 11.8. The fourth-order valence-corrected chi connectivity index (χ4v) is 2.45. The second-order valence-corrected chi connectivity index (χ2v) is 5.92. The van der Waals surface area contributed by atoms with Crippen molar-refractivity contribution < 1.29 is 14.7 Å². The number of carboxylic acid groups (broad SMARTS) is 1. The average Bonchev–Trinajstić information content (AvgIpc) is 2.65. The lowest BCUT2D eigenvalue weighted by Gasteiger charge is -2.23. The maximum atomic E-state index is 11.5. The van der Waals surface area contributed by atoms with Gasteiger partial charge in [-0.2, -0.15) is 0 Å². The largest absolute Gasteiger partial charge is 0.481 e. The Morgan fingerprint density at radius 3 is 2.63 bits per heavy atom. The summed E-state index contributed by atoms with van der Waals surface area (Å²) >= 11 is 0. The summed E-state index contributed by atoms with van der Waals surface area (Å²) in [5.41, 5.74) is 4.07. The van der Waals surface area contributed by atoms with Crippen molar-refractivity contribution in [2.24, 2.45) is 5.41 Å². The van der Waals surface area contributed by atoms with Crippen molar-refractivity contribution in [2.75, 3.05) is 5.32 Å². The Labute approximate surface area is 112 Å². The molecule has 2 rings (SSSR count). The molecular weight excluding hydrogens is 242 g/mol. The van der Waals surface area contributed by atoms with E-state index in [0.29, 0.717) is 12.8 Å². The molecule has 1 aromatic carbocycles. The molecule has 0 aromatic heterocycles. The molecule has 0 unspecified atom stereocenters. The first-order chi connectivity index (χ1) is 8.72. The van der Waals surface area contributed by atoms with Crippen LogP contribution < -0.4 is 5.32 Å². The van der Waals surface area contributed by atoms with Crippen LogP contribution in [0.15, 0.2) is 6.07 Å². The van der Waals surface area contributed by atoms with Gasteiger partial charge in [0.25, 0.3) is 0 Å². The topological polar surface area (TPSA) is 66.4 Å². The minimum absolute atomic E-state index is 0.0191. The zero-order chi connectivity index (χ0) is 14.4. The van der Waals surface area contributed by atoms with Crippen LogP contribution in [0.2, 0.25) is 0 Å². The van der Waals surface area contributed by atoms with Crippen molar-refractivity contribution >= 4 is 17.6 Å². The molecule has 0 spiro atoms. The SMILES string of the molecule is Cc1cc2c(c(CC(C)(C)C(=O)O)c1C)NC(=O)C2. The third-order valence-corrected chi connectivity index (χ3v) is 3.87. The average molecular weight is 261 g/mol. The first-order valence-corrected chi connectivity index (χ1v) is 6.37. The summed E-state index contributed by atoms with van der Waals surface area (Å²) in [6.07, 6.45) is 0.801. The quantitative estimate of drug-likeness (QED) is 0.878. The van der Waals surface area contributed by atoms with Crippen molar-refractivity contribution in [3.05, 3.63) is 28.3 Å². The summed E-state index contributed by atoms with van der Waals surface area (Å²) in [6.45, 7) is 7.39. The minimum Gasteiger partial charge on any atom is -0.481 e. The standard InChI is InChI=1S/C15H19NO3/c1-8-5-10-6-12(17)16-13(10)11(9(8)2)7-15(3,4)14(18)19/h5H,6-7H2,1-4H3,(H,16,17)(H,18,19). The van der Waals surface area contributed by atoms with E-state index in [9.17, 15) is 14.7 Å². The van der Waals surface area contributed by atoms with Gasteiger partial charge in [0.15, 0.2) is 0 Å². The fourth-order valence-electron chi connectivity index (χ4n) is 2.45. The molecule has 0 saturated heterocycles. The number of amides is 1. The van der Waals surface area contributed by atoms with Gasteiger partial charge < -0.3 is 10.4 Å². The third kappa shape index (κ3) is 2.35. The smallest absolute Gasteiger partial charge is 0.309 e. The van der Waals surface area contributed by atoms with E-state index in [2.05, 4.69) is 5.32 Å². The van der Waals surface area contributed by atoms with Crippen LogP contribution in [-0.2, 0) is 22.4 Å². The highest BCUT2D eigenvalue weighted by Crippen LogP contribution is 2.36. The van der Waals surface area contributed by atoms with Gasteiger partial charge in [0.1, 0.15) is 0 Å². The van der Waals surface area contributed by atoms with E-state index < -0.39 is 11.4 Å². The molecular formula is C15H19NO3. The lowest BCUT2D eigenvalue weighted by molar-refractivity contribution is -0.146. The maximum absolute atomic E-state index is 11.5. The molecule has 1 aliphatic heterocycles. The Hall–Kier alpha value is -1.84. The first kappa shape index (κ1) is 13.6. The van der Waals surface area contributed by atoms with E-state index in [4.69, 9.17) is 0 Å². The number of aryl methyl sites for hydroxylation is 1. The number of carbonyl (C=O) groups excluding carboxylic acids is 1. The number of fused-ring (bicyclic) bond motifs is 1. The molecule has 102 valence electrons. The summed E-state index contributed by atoms with van der Waals surface area (Å²) in [4.78, 5) is 22.8. The van der Waals surface area contributed by atoms with Crippen molar-refractivity contribution in [2.45, 2.75) is 40.5 Å². The number of hydrogen-bond donors (Lipinski definition) is 2. The molecule has 4 nitrogen and oxygen atoms in total. The maximum Gasteiger partial charge on any atom is 0.309 e.